The first-order chi connectivity index (χ1) is 11.3. The zero-order valence-corrected chi connectivity index (χ0v) is 17.5. The molecule has 1 aliphatic carbocycles. The van der Waals surface area contributed by atoms with Gasteiger partial charge < -0.3 is 24.8 Å². The molecule has 0 amide bonds. The van der Waals surface area contributed by atoms with Crippen molar-refractivity contribution in [2.45, 2.75) is 45.1 Å². The van der Waals surface area contributed by atoms with Crippen molar-refractivity contribution in [1.29, 1.82) is 0 Å². The zero-order valence-electron chi connectivity index (χ0n) is 15.1. The van der Waals surface area contributed by atoms with E-state index in [1.807, 2.05) is 0 Å². The smallest absolute Gasteiger partial charge is 0.191 e. The monoisotopic (exact) mass is 455 g/mol. The Kier molecular flexibility index (Phi) is 11.2. The Bertz CT molecular complexity index is 359. The summed E-state index contributed by atoms with van der Waals surface area (Å²) in [7, 11) is 1.77. The van der Waals surface area contributed by atoms with Gasteiger partial charge in [0, 0.05) is 46.6 Å². The van der Waals surface area contributed by atoms with Gasteiger partial charge in [-0.25, -0.2) is 0 Å². The van der Waals surface area contributed by atoms with Crippen LogP contribution in [0, 0.1) is 5.41 Å². The second-order valence-electron chi connectivity index (χ2n) is 6.57. The Balaban J connectivity index is 0.00000288. The summed E-state index contributed by atoms with van der Waals surface area (Å²) in [6, 6.07) is 0. The summed E-state index contributed by atoms with van der Waals surface area (Å²) in [6.07, 6.45) is 5.97. The lowest BCUT2D eigenvalue weighted by Gasteiger charge is -2.15. The van der Waals surface area contributed by atoms with Gasteiger partial charge in [0.25, 0.3) is 0 Å². The van der Waals surface area contributed by atoms with Crippen molar-refractivity contribution in [2.24, 2.45) is 10.4 Å². The summed E-state index contributed by atoms with van der Waals surface area (Å²) in [5.41, 5.74) is 0.393. The molecule has 0 aromatic heterocycles. The van der Waals surface area contributed by atoms with Gasteiger partial charge in [0.15, 0.2) is 5.96 Å². The molecule has 6 nitrogen and oxygen atoms in total. The van der Waals surface area contributed by atoms with Gasteiger partial charge in [-0.2, -0.15) is 0 Å². The maximum atomic E-state index is 5.77. The van der Waals surface area contributed by atoms with Crippen LogP contribution in [-0.4, -0.2) is 65.2 Å². The molecular formula is C17H34IN3O3. The van der Waals surface area contributed by atoms with Gasteiger partial charge in [-0.05, 0) is 44.4 Å². The van der Waals surface area contributed by atoms with Crippen LogP contribution in [0.1, 0.15) is 39.0 Å². The van der Waals surface area contributed by atoms with E-state index in [1.165, 1.54) is 12.8 Å². The number of methoxy groups -OCH3 is 1. The molecular weight excluding hydrogens is 421 g/mol. The topological polar surface area (TPSA) is 64.1 Å². The average molecular weight is 455 g/mol. The fourth-order valence-electron chi connectivity index (χ4n) is 2.74. The van der Waals surface area contributed by atoms with E-state index in [4.69, 9.17) is 19.2 Å². The Hall–Kier alpha value is -0.120. The highest BCUT2D eigenvalue weighted by molar-refractivity contribution is 14.0. The molecule has 24 heavy (non-hydrogen) atoms. The van der Waals surface area contributed by atoms with E-state index >= 15 is 0 Å². The summed E-state index contributed by atoms with van der Waals surface area (Å²) < 4.78 is 16.3. The molecule has 1 saturated carbocycles. The molecule has 2 N–H and O–H groups in total. The van der Waals surface area contributed by atoms with E-state index in [9.17, 15) is 0 Å². The van der Waals surface area contributed by atoms with E-state index in [2.05, 4.69) is 17.6 Å². The van der Waals surface area contributed by atoms with Gasteiger partial charge in [0.2, 0.25) is 0 Å². The third kappa shape index (κ3) is 8.31. The van der Waals surface area contributed by atoms with Crippen LogP contribution < -0.4 is 10.6 Å². The number of rotatable bonds is 11. The fraction of sp³-hybridized carbons (Fsp3) is 0.941. The number of hydrogen-bond acceptors (Lipinski definition) is 4. The minimum atomic E-state index is 0. The van der Waals surface area contributed by atoms with Crippen molar-refractivity contribution in [1.82, 2.24) is 10.6 Å². The van der Waals surface area contributed by atoms with Gasteiger partial charge >= 0.3 is 0 Å². The van der Waals surface area contributed by atoms with Crippen LogP contribution in [0.15, 0.2) is 4.99 Å². The van der Waals surface area contributed by atoms with Crippen molar-refractivity contribution in [2.75, 3.05) is 53.2 Å². The number of nitrogens with one attached hydrogen (secondary N) is 2. The molecule has 0 bridgehead atoms. The summed E-state index contributed by atoms with van der Waals surface area (Å²) in [6.45, 7) is 7.95. The predicted octanol–water partition coefficient (Wildman–Crippen LogP) is 2.17. The fourth-order valence-corrected chi connectivity index (χ4v) is 2.74. The quantitative estimate of drug-likeness (QED) is 0.217. The van der Waals surface area contributed by atoms with Crippen LogP contribution in [0.3, 0.4) is 0 Å². The largest absolute Gasteiger partial charge is 0.385 e. The summed E-state index contributed by atoms with van der Waals surface area (Å²) in [5.74, 6) is 0.917. The van der Waals surface area contributed by atoms with E-state index in [1.54, 1.807) is 7.11 Å². The van der Waals surface area contributed by atoms with E-state index in [0.29, 0.717) is 11.5 Å². The predicted molar refractivity (Wildman–Crippen MR) is 107 cm³/mol. The maximum Gasteiger partial charge on any atom is 0.191 e. The molecule has 1 unspecified atom stereocenters. The molecule has 2 aliphatic rings. The third-order valence-electron chi connectivity index (χ3n) is 4.57. The average Bonchev–Trinajstić information content (AvgIpc) is 3.14. The first kappa shape index (κ1) is 21.9. The Morgan fingerprint density at radius 1 is 1.29 bits per heavy atom. The van der Waals surface area contributed by atoms with E-state index in [0.717, 1.165) is 71.3 Å². The van der Waals surface area contributed by atoms with Gasteiger partial charge in [-0.15, -0.1) is 24.0 Å². The number of halogens is 1. The molecule has 0 spiro atoms. The number of hydrogen-bond donors (Lipinski definition) is 2. The molecule has 2 fully saturated rings. The van der Waals surface area contributed by atoms with Crippen molar-refractivity contribution >= 4 is 29.9 Å². The van der Waals surface area contributed by atoms with Crippen molar-refractivity contribution in [3.63, 3.8) is 0 Å². The number of aliphatic imine (C=N–C) groups is 1. The standard InChI is InChI=1S/C17H33N3O3.HI/c1-3-18-16(20-14-17(6-7-17)8-12-21-2)19-9-4-10-23-15-5-11-22-13-15;/h15H,3-14H2,1-2H3,(H2,18,19,20);1H. The van der Waals surface area contributed by atoms with Crippen molar-refractivity contribution in [3.05, 3.63) is 0 Å². The molecule has 0 aromatic rings. The van der Waals surface area contributed by atoms with E-state index < -0.39 is 0 Å². The minimum Gasteiger partial charge on any atom is -0.385 e. The number of guanidine groups is 1. The van der Waals surface area contributed by atoms with Crippen LogP contribution in [0.2, 0.25) is 0 Å². The van der Waals surface area contributed by atoms with Gasteiger partial charge in [0.1, 0.15) is 0 Å². The van der Waals surface area contributed by atoms with Crippen LogP contribution in [-0.2, 0) is 14.2 Å². The lowest BCUT2D eigenvalue weighted by molar-refractivity contribution is 0.0420. The van der Waals surface area contributed by atoms with Crippen LogP contribution >= 0.6 is 24.0 Å². The van der Waals surface area contributed by atoms with Crippen LogP contribution in [0.25, 0.3) is 0 Å². The molecule has 2 rings (SSSR count). The molecule has 0 radical (unpaired) electrons. The third-order valence-corrected chi connectivity index (χ3v) is 4.57. The summed E-state index contributed by atoms with van der Waals surface area (Å²) in [5, 5.41) is 6.72. The lowest BCUT2D eigenvalue weighted by Crippen LogP contribution is -2.38. The molecule has 1 heterocycles. The second kappa shape index (κ2) is 12.3. The van der Waals surface area contributed by atoms with Crippen molar-refractivity contribution < 1.29 is 14.2 Å². The zero-order chi connectivity index (χ0) is 16.4. The summed E-state index contributed by atoms with van der Waals surface area (Å²) in [4.78, 5) is 4.75. The van der Waals surface area contributed by atoms with Gasteiger partial charge in [-0.1, -0.05) is 0 Å². The number of ether oxygens (including phenoxy) is 3. The normalized spacial score (nSPS) is 22.1. The molecule has 0 aromatic carbocycles. The minimum absolute atomic E-state index is 0. The molecule has 1 atom stereocenters. The first-order valence-corrected chi connectivity index (χ1v) is 8.98. The Labute approximate surface area is 163 Å². The highest BCUT2D eigenvalue weighted by Gasteiger charge is 2.41. The van der Waals surface area contributed by atoms with Gasteiger partial charge in [-0.3, -0.25) is 4.99 Å². The SMILES string of the molecule is CCNC(=NCC1(CCOC)CC1)NCCCOC1CCOC1.I. The maximum absolute atomic E-state index is 5.77. The lowest BCUT2D eigenvalue weighted by atomic mass is 10.0. The Morgan fingerprint density at radius 2 is 2.12 bits per heavy atom. The first-order valence-electron chi connectivity index (χ1n) is 8.98. The van der Waals surface area contributed by atoms with Crippen LogP contribution in [0.4, 0.5) is 0 Å². The van der Waals surface area contributed by atoms with Crippen LogP contribution in [0.5, 0.6) is 0 Å². The molecule has 142 valence electrons. The number of nitrogens with zero attached hydrogens (tertiary/aromatic N) is 1. The molecule has 1 aliphatic heterocycles. The molecule has 1 saturated heterocycles. The summed E-state index contributed by atoms with van der Waals surface area (Å²) >= 11 is 0. The van der Waals surface area contributed by atoms with Crippen molar-refractivity contribution in [3.8, 4) is 0 Å². The second-order valence-corrected chi connectivity index (χ2v) is 6.57. The van der Waals surface area contributed by atoms with E-state index in [-0.39, 0.29) is 24.0 Å². The highest BCUT2D eigenvalue weighted by atomic mass is 127. The molecule has 7 heteroatoms. The Morgan fingerprint density at radius 3 is 2.75 bits per heavy atom. The highest BCUT2D eigenvalue weighted by Crippen LogP contribution is 2.48. The van der Waals surface area contributed by atoms with Gasteiger partial charge in [0.05, 0.1) is 12.7 Å².